The fraction of sp³-hybridized carbons (Fsp3) is 0.353. The van der Waals surface area contributed by atoms with Crippen molar-refractivity contribution in [2.24, 2.45) is 0 Å². The summed E-state index contributed by atoms with van der Waals surface area (Å²) in [5.41, 5.74) is 1.27. The number of anilines is 2. The third-order valence-electron chi connectivity index (χ3n) is 3.93. The van der Waals surface area contributed by atoms with Crippen molar-refractivity contribution in [3.63, 3.8) is 0 Å². The van der Waals surface area contributed by atoms with Crippen LogP contribution in [0.25, 0.3) is 0 Å². The molecule has 0 saturated carbocycles. The van der Waals surface area contributed by atoms with Gasteiger partial charge in [0.2, 0.25) is 0 Å². The van der Waals surface area contributed by atoms with Crippen LogP contribution in [0.15, 0.2) is 53.6 Å². The molecule has 0 bridgehead atoms. The molecule has 0 amide bonds. The lowest BCUT2D eigenvalue weighted by Gasteiger charge is -2.33. The summed E-state index contributed by atoms with van der Waals surface area (Å²) in [6.45, 7) is 2.13. The van der Waals surface area contributed by atoms with E-state index in [1.165, 1.54) is 10.6 Å². The molecular weight excluding hydrogens is 278 g/mol. The molecule has 2 heterocycles. The minimum absolute atomic E-state index is 0.554. The Balaban J connectivity index is 1.59. The van der Waals surface area contributed by atoms with Crippen LogP contribution in [-0.2, 0) is 0 Å². The zero-order chi connectivity index (χ0) is 14.5. The van der Waals surface area contributed by atoms with Crippen LogP contribution in [0.3, 0.4) is 0 Å². The van der Waals surface area contributed by atoms with Crippen LogP contribution in [0.1, 0.15) is 12.8 Å². The third kappa shape index (κ3) is 3.50. The van der Waals surface area contributed by atoms with Crippen molar-refractivity contribution >= 4 is 23.3 Å². The van der Waals surface area contributed by atoms with Crippen molar-refractivity contribution in [2.45, 2.75) is 23.8 Å². The normalized spacial score (nSPS) is 16.0. The minimum Gasteiger partial charge on any atom is -0.381 e. The second kappa shape index (κ2) is 6.85. The first-order chi connectivity index (χ1) is 10.4. The van der Waals surface area contributed by atoms with Crippen LogP contribution in [0, 0.1) is 0 Å². The van der Waals surface area contributed by atoms with Gasteiger partial charge in [0, 0.05) is 35.9 Å². The Kier molecular flexibility index (Phi) is 4.65. The third-order valence-corrected chi connectivity index (χ3v) is 4.73. The maximum Gasteiger partial charge on any atom is 0.128 e. The molecule has 2 aromatic rings. The standard InChI is InChI=1S/C17H21N3S/c1-21-16-7-3-2-6-15(16)19-14-9-12-20(13-10-14)17-8-4-5-11-18-17/h2-8,11,14,19H,9-10,12-13H2,1H3. The molecule has 3 rings (SSSR count). The smallest absolute Gasteiger partial charge is 0.128 e. The van der Waals surface area contributed by atoms with Gasteiger partial charge >= 0.3 is 0 Å². The van der Waals surface area contributed by atoms with Gasteiger partial charge in [0.05, 0.1) is 0 Å². The first-order valence-electron chi connectivity index (χ1n) is 7.42. The molecule has 1 aromatic carbocycles. The summed E-state index contributed by atoms with van der Waals surface area (Å²) < 4.78 is 0. The van der Waals surface area contributed by atoms with E-state index in [4.69, 9.17) is 0 Å². The largest absolute Gasteiger partial charge is 0.381 e. The summed E-state index contributed by atoms with van der Waals surface area (Å²) in [5, 5.41) is 3.70. The van der Waals surface area contributed by atoms with Crippen LogP contribution in [0.5, 0.6) is 0 Å². The average molecular weight is 299 g/mol. The number of thioether (sulfide) groups is 1. The van der Waals surface area contributed by atoms with E-state index in [1.807, 2.05) is 12.3 Å². The van der Waals surface area contributed by atoms with Crippen molar-refractivity contribution in [3.05, 3.63) is 48.7 Å². The lowest BCUT2D eigenvalue weighted by Crippen LogP contribution is -2.39. The molecule has 0 aliphatic carbocycles. The Bertz CT molecular complexity index is 565. The lowest BCUT2D eigenvalue weighted by molar-refractivity contribution is 0.523. The molecule has 4 heteroatoms. The Hall–Kier alpha value is -1.68. The van der Waals surface area contributed by atoms with Gasteiger partial charge in [-0.3, -0.25) is 0 Å². The zero-order valence-electron chi connectivity index (χ0n) is 12.3. The fourth-order valence-electron chi connectivity index (χ4n) is 2.78. The van der Waals surface area contributed by atoms with E-state index in [9.17, 15) is 0 Å². The number of hydrogen-bond donors (Lipinski definition) is 1. The van der Waals surface area contributed by atoms with Gasteiger partial charge in [0.1, 0.15) is 5.82 Å². The van der Waals surface area contributed by atoms with Gasteiger partial charge < -0.3 is 10.2 Å². The molecule has 0 atom stereocenters. The van der Waals surface area contributed by atoms with E-state index in [2.05, 4.69) is 57.9 Å². The second-order valence-corrected chi connectivity index (χ2v) is 6.14. The SMILES string of the molecule is CSc1ccccc1NC1CCN(c2ccccn2)CC1. The summed E-state index contributed by atoms with van der Waals surface area (Å²) in [6, 6.07) is 15.2. The highest BCUT2D eigenvalue weighted by atomic mass is 32.2. The van der Waals surface area contributed by atoms with Crippen LogP contribution < -0.4 is 10.2 Å². The van der Waals surface area contributed by atoms with Crippen molar-refractivity contribution in [2.75, 3.05) is 29.6 Å². The van der Waals surface area contributed by atoms with Crippen molar-refractivity contribution in [1.82, 2.24) is 4.98 Å². The quantitative estimate of drug-likeness (QED) is 0.867. The Labute approximate surface area is 130 Å². The number of nitrogens with one attached hydrogen (secondary N) is 1. The first kappa shape index (κ1) is 14.3. The van der Waals surface area contributed by atoms with E-state index in [0.29, 0.717) is 6.04 Å². The summed E-state index contributed by atoms with van der Waals surface area (Å²) >= 11 is 1.80. The predicted molar refractivity (Wildman–Crippen MR) is 91.3 cm³/mol. The Morgan fingerprint density at radius 1 is 1.10 bits per heavy atom. The summed E-state index contributed by atoms with van der Waals surface area (Å²) in [4.78, 5) is 8.14. The van der Waals surface area contributed by atoms with Crippen LogP contribution in [0.4, 0.5) is 11.5 Å². The number of piperidine rings is 1. The summed E-state index contributed by atoms with van der Waals surface area (Å²) in [5.74, 6) is 1.10. The van der Waals surface area contributed by atoms with Gasteiger partial charge in [-0.15, -0.1) is 11.8 Å². The molecule has 1 aromatic heterocycles. The molecule has 0 radical (unpaired) electrons. The van der Waals surface area contributed by atoms with E-state index in [0.717, 1.165) is 31.7 Å². The molecule has 1 aliphatic rings. The monoisotopic (exact) mass is 299 g/mol. The van der Waals surface area contributed by atoms with Gasteiger partial charge in [-0.1, -0.05) is 18.2 Å². The number of hydrogen-bond acceptors (Lipinski definition) is 4. The topological polar surface area (TPSA) is 28.2 Å². The highest BCUT2D eigenvalue weighted by molar-refractivity contribution is 7.98. The van der Waals surface area contributed by atoms with Crippen LogP contribution in [-0.4, -0.2) is 30.4 Å². The number of aromatic nitrogens is 1. The molecule has 1 N–H and O–H groups in total. The summed E-state index contributed by atoms with van der Waals surface area (Å²) in [7, 11) is 0. The van der Waals surface area contributed by atoms with Crippen LogP contribution >= 0.6 is 11.8 Å². The van der Waals surface area contributed by atoms with Gasteiger partial charge in [-0.2, -0.15) is 0 Å². The number of rotatable bonds is 4. The van der Waals surface area contributed by atoms with Crippen molar-refractivity contribution in [1.29, 1.82) is 0 Å². The lowest BCUT2D eigenvalue weighted by atomic mass is 10.0. The van der Waals surface area contributed by atoms with E-state index in [1.54, 1.807) is 11.8 Å². The number of pyridine rings is 1. The molecule has 0 spiro atoms. The average Bonchev–Trinajstić information content (AvgIpc) is 2.57. The highest BCUT2D eigenvalue weighted by Gasteiger charge is 2.20. The minimum atomic E-state index is 0.554. The van der Waals surface area contributed by atoms with Crippen molar-refractivity contribution in [3.8, 4) is 0 Å². The van der Waals surface area contributed by atoms with E-state index >= 15 is 0 Å². The second-order valence-electron chi connectivity index (χ2n) is 5.29. The molecule has 1 saturated heterocycles. The number of para-hydroxylation sites is 1. The molecule has 110 valence electrons. The first-order valence-corrected chi connectivity index (χ1v) is 8.65. The maximum atomic E-state index is 4.44. The Morgan fingerprint density at radius 2 is 1.86 bits per heavy atom. The molecular formula is C17H21N3S. The molecule has 0 unspecified atom stereocenters. The molecule has 21 heavy (non-hydrogen) atoms. The molecule has 3 nitrogen and oxygen atoms in total. The van der Waals surface area contributed by atoms with Crippen LogP contribution in [0.2, 0.25) is 0 Å². The fourth-order valence-corrected chi connectivity index (χ4v) is 3.34. The highest BCUT2D eigenvalue weighted by Crippen LogP contribution is 2.27. The van der Waals surface area contributed by atoms with Gasteiger partial charge in [-0.05, 0) is 43.4 Å². The zero-order valence-corrected chi connectivity index (χ0v) is 13.1. The predicted octanol–water partition coefficient (Wildman–Crippen LogP) is 3.88. The van der Waals surface area contributed by atoms with Gasteiger partial charge in [0.25, 0.3) is 0 Å². The molecule has 1 fully saturated rings. The van der Waals surface area contributed by atoms with Crippen molar-refractivity contribution < 1.29 is 0 Å². The van der Waals surface area contributed by atoms with Gasteiger partial charge in [-0.25, -0.2) is 4.98 Å². The molecule has 1 aliphatic heterocycles. The number of benzene rings is 1. The van der Waals surface area contributed by atoms with Gasteiger partial charge in [0.15, 0.2) is 0 Å². The van der Waals surface area contributed by atoms with E-state index in [-0.39, 0.29) is 0 Å². The summed E-state index contributed by atoms with van der Waals surface area (Å²) in [6.07, 6.45) is 6.30. The number of nitrogens with zero attached hydrogens (tertiary/aromatic N) is 2. The Morgan fingerprint density at radius 3 is 2.57 bits per heavy atom. The maximum absolute atomic E-state index is 4.44. The van der Waals surface area contributed by atoms with E-state index < -0.39 is 0 Å².